The number of fused-ring (bicyclic) bond motifs is 1. The largest absolute Gasteiger partial charge is 0.492 e. The second-order valence-electron chi connectivity index (χ2n) is 7.99. The van der Waals surface area contributed by atoms with Gasteiger partial charge in [0, 0.05) is 32.7 Å². The van der Waals surface area contributed by atoms with E-state index in [2.05, 4.69) is 4.57 Å². The summed E-state index contributed by atoms with van der Waals surface area (Å²) in [5, 5.41) is 1.99. The van der Waals surface area contributed by atoms with Gasteiger partial charge in [0.2, 0.25) is 0 Å². The number of aromatic nitrogens is 1. The topological polar surface area (TPSA) is 51.5 Å². The summed E-state index contributed by atoms with van der Waals surface area (Å²) in [4.78, 5) is 27.3. The molecule has 3 aromatic carbocycles. The smallest absolute Gasteiger partial charge is 0.293 e. The van der Waals surface area contributed by atoms with Gasteiger partial charge < -0.3 is 9.30 Å². The molecule has 2 amide bonds. The highest BCUT2D eigenvalue weighted by atomic mass is 35.5. The van der Waals surface area contributed by atoms with Crippen molar-refractivity contribution in [1.82, 2.24) is 9.47 Å². The zero-order chi connectivity index (χ0) is 24.4. The lowest BCUT2D eigenvalue weighted by atomic mass is 10.1. The van der Waals surface area contributed by atoms with E-state index >= 15 is 0 Å². The molecule has 1 aliphatic heterocycles. The molecule has 0 unspecified atom stereocenters. The molecule has 8 heteroatoms. The summed E-state index contributed by atoms with van der Waals surface area (Å²) in [7, 11) is 0. The number of halogens is 2. The van der Waals surface area contributed by atoms with Crippen molar-refractivity contribution in [3.8, 4) is 5.75 Å². The van der Waals surface area contributed by atoms with Crippen molar-refractivity contribution in [2.45, 2.75) is 13.1 Å². The molecule has 0 saturated carbocycles. The zero-order valence-corrected chi connectivity index (χ0v) is 20.8. The summed E-state index contributed by atoms with van der Waals surface area (Å²) < 4.78 is 7.95. The Kier molecular flexibility index (Phi) is 6.86. The molecule has 0 atom stereocenters. The first kappa shape index (κ1) is 23.5. The van der Waals surface area contributed by atoms with Crippen molar-refractivity contribution in [1.29, 1.82) is 0 Å². The van der Waals surface area contributed by atoms with Crippen LogP contribution in [0.25, 0.3) is 17.0 Å². The van der Waals surface area contributed by atoms with Crippen LogP contribution in [0, 0.1) is 0 Å². The third kappa shape index (κ3) is 5.25. The molecule has 5 rings (SSSR count). The lowest BCUT2D eigenvalue weighted by Gasteiger charge is -2.12. The molecule has 1 aromatic heterocycles. The van der Waals surface area contributed by atoms with E-state index in [1.165, 1.54) is 4.90 Å². The molecule has 35 heavy (non-hydrogen) atoms. The number of ether oxygens (including phenoxy) is 1. The predicted octanol–water partition coefficient (Wildman–Crippen LogP) is 7.26. The molecule has 1 saturated heterocycles. The Bertz CT molecular complexity index is 1430. The number of thioether (sulfide) groups is 1. The third-order valence-electron chi connectivity index (χ3n) is 5.65. The van der Waals surface area contributed by atoms with Gasteiger partial charge in [-0.15, -0.1) is 0 Å². The maximum absolute atomic E-state index is 13.0. The molecule has 0 aliphatic carbocycles. The van der Waals surface area contributed by atoms with Gasteiger partial charge in [-0.3, -0.25) is 14.5 Å². The lowest BCUT2D eigenvalue weighted by molar-refractivity contribution is -0.123. The van der Waals surface area contributed by atoms with Gasteiger partial charge in [-0.25, -0.2) is 0 Å². The van der Waals surface area contributed by atoms with E-state index in [9.17, 15) is 9.59 Å². The minimum absolute atomic E-state index is 0.211. The Hall–Kier alpha value is -3.19. The van der Waals surface area contributed by atoms with Gasteiger partial charge in [0.15, 0.2) is 0 Å². The summed E-state index contributed by atoms with van der Waals surface area (Å²) in [6, 6.07) is 22.3. The number of carbonyl (C=O) groups is 2. The summed E-state index contributed by atoms with van der Waals surface area (Å²) in [5.41, 5.74) is 2.75. The highest BCUT2D eigenvalue weighted by Gasteiger charge is 2.35. The van der Waals surface area contributed by atoms with Crippen LogP contribution in [-0.4, -0.2) is 27.2 Å². The van der Waals surface area contributed by atoms with E-state index in [0.717, 1.165) is 39.5 Å². The molecule has 1 fully saturated rings. The number of nitrogens with zero attached hydrogens (tertiary/aromatic N) is 2. The normalized spacial score (nSPS) is 14.9. The minimum atomic E-state index is -0.294. The first-order chi connectivity index (χ1) is 17.0. The van der Waals surface area contributed by atoms with Crippen molar-refractivity contribution >= 4 is 63.1 Å². The highest BCUT2D eigenvalue weighted by molar-refractivity contribution is 8.18. The van der Waals surface area contributed by atoms with Crippen LogP contribution in [0.3, 0.4) is 0 Å². The Morgan fingerprint density at radius 3 is 2.31 bits per heavy atom. The van der Waals surface area contributed by atoms with E-state index in [4.69, 9.17) is 27.9 Å². The molecule has 5 nitrogen and oxygen atoms in total. The third-order valence-corrected chi connectivity index (χ3v) is 7.06. The number of para-hydroxylation sites is 1. The van der Waals surface area contributed by atoms with Crippen molar-refractivity contribution in [3.05, 3.63) is 105 Å². The van der Waals surface area contributed by atoms with Crippen LogP contribution in [-0.2, 0) is 17.9 Å². The molecule has 0 radical (unpaired) electrons. The van der Waals surface area contributed by atoms with Gasteiger partial charge in [-0.1, -0.05) is 53.5 Å². The van der Waals surface area contributed by atoms with Gasteiger partial charge in [-0.05, 0) is 65.9 Å². The van der Waals surface area contributed by atoms with E-state index in [0.29, 0.717) is 28.1 Å². The maximum atomic E-state index is 13.0. The van der Waals surface area contributed by atoms with Gasteiger partial charge >= 0.3 is 0 Å². The van der Waals surface area contributed by atoms with E-state index in [1.807, 2.05) is 54.7 Å². The predicted molar refractivity (Wildman–Crippen MR) is 142 cm³/mol. The molecule has 2 heterocycles. The molecule has 0 spiro atoms. The number of amides is 2. The van der Waals surface area contributed by atoms with Crippen molar-refractivity contribution in [2.24, 2.45) is 0 Å². The van der Waals surface area contributed by atoms with Crippen molar-refractivity contribution in [3.63, 3.8) is 0 Å². The molecule has 0 bridgehead atoms. The monoisotopic (exact) mass is 522 g/mol. The average molecular weight is 523 g/mol. The van der Waals surface area contributed by atoms with Crippen LogP contribution in [0.4, 0.5) is 4.79 Å². The van der Waals surface area contributed by atoms with Gasteiger partial charge in [-0.2, -0.15) is 0 Å². The van der Waals surface area contributed by atoms with Crippen LogP contribution in [0.5, 0.6) is 5.75 Å². The number of benzene rings is 3. The number of carbonyl (C=O) groups excluding carboxylic acids is 2. The maximum Gasteiger partial charge on any atom is 0.293 e. The molecule has 1 aliphatic rings. The number of hydrogen-bond donors (Lipinski definition) is 0. The second kappa shape index (κ2) is 10.2. The van der Waals surface area contributed by atoms with Crippen LogP contribution >= 0.6 is 35.0 Å². The minimum Gasteiger partial charge on any atom is -0.492 e. The van der Waals surface area contributed by atoms with Crippen LogP contribution in [0.2, 0.25) is 10.0 Å². The number of rotatable bonds is 7. The highest BCUT2D eigenvalue weighted by Crippen LogP contribution is 2.35. The Balaban J connectivity index is 1.35. The van der Waals surface area contributed by atoms with Crippen LogP contribution in [0.1, 0.15) is 11.1 Å². The van der Waals surface area contributed by atoms with Gasteiger partial charge in [0.05, 0.1) is 18.0 Å². The van der Waals surface area contributed by atoms with Gasteiger partial charge in [0.1, 0.15) is 12.4 Å². The molecule has 4 aromatic rings. The fraction of sp³-hybridized carbons (Fsp3) is 0.111. The van der Waals surface area contributed by atoms with E-state index < -0.39 is 0 Å². The van der Waals surface area contributed by atoms with Crippen molar-refractivity contribution in [2.75, 3.05) is 6.61 Å². The second-order valence-corrected chi connectivity index (χ2v) is 9.86. The quantitative estimate of drug-likeness (QED) is 0.239. The number of hydrogen-bond acceptors (Lipinski definition) is 4. The Morgan fingerprint density at radius 2 is 1.57 bits per heavy atom. The SMILES string of the molecule is O=C1S/C(=C\c2cn(CCOc3ccc(Cl)cc3)c3ccccc23)C(=O)N1Cc1ccc(Cl)cc1. The average Bonchev–Trinajstić information content (AvgIpc) is 3.34. The summed E-state index contributed by atoms with van der Waals surface area (Å²) in [6.45, 7) is 1.30. The molecule has 0 N–H and O–H groups in total. The molecular formula is C27H20Cl2N2O3S. The molecule has 176 valence electrons. The first-order valence-electron chi connectivity index (χ1n) is 10.9. The Labute approximate surface area is 216 Å². The fourth-order valence-corrected chi connectivity index (χ4v) is 5.00. The van der Waals surface area contributed by atoms with Crippen molar-refractivity contribution < 1.29 is 14.3 Å². The fourth-order valence-electron chi connectivity index (χ4n) is 3.92. The summed E-state index contributed by atoms with van der Waals surface area (Å²) in [6.07, 6.45) is 3.79. The Morgan fingerprint density at radius 1 is 0.886 bits per heavy atom. The molecular weight excluding hydrogens is 503 g/mol. The number of imide groups is 1. The standard InChI is InChI=1S/C27H20Cl2N2O3S/c28-20-7-5-18(6-8-20)16-31-26(32)25(35-27(31)33)15-19-17-30(24-4-2-1-3-23(19)24)13-14-34-22-11-9-21(29)10-12-22/h1-12,15,17H,13-14,16H2/b25-15-. The van der Waals surface area contributed by atoms with E-state index in [1.54, 1.807) is 30.3 Å². The first-order valence-corrected chi connectivity index (χ1v) is 12.5. The van der Waals surface area contributed by atoms with Crippen LogP contribution in [0.15, 0.2) is 83.9 Å². The summed E-state index contributed by atoms with van der Waals surface area (Å²) in [5.74, 6) is 0.457. The lowest BCUT2D eigenvalue weighted by Crippen LogP contribution is -2.27. The van der Waals surface area contributed by atoms with E-state index in [-0.39, 0.29) is 17.7 Å². The zero-order valence-electron chi connectivity index (χ0n) is 18.5. The van der Waals surface area contributed by atoms with Crippen LogP contribution < -0.4 is 4.74 Å². The summed E-state index contributed by atoms with van der Waals surface area (Å²) >= 11 is 12.8. The van der Waals surface area contributed by atoms with Gasteiger partial charge in [0.25, 0.3) is 11.1 Å².